The van der Waals surface area contributed by atoms with E-state index in [0.29, 0.717) is 19.3 Å². The van der Waals surface area contributed by atoms with Gasteiger partial charge in [-0.15, -0.1) is 0 Å². The lowest BCUT2D eigenvalue weighted by Gasteiger charge is -2.18. The molecule has 1 atom stereocenters. The number of hydrogen-bond donors (Lipinski definition) is 0. The van der Waals surface area contributed by atoms with Crippen LogP contribution in [-0.2, 0) is 28.6 Å². The normalized spacial score (nSPS) is 12.6. The van der Waals surface area contributed by atoms with Gasteiger partial charge in [-0.25, -0.2) is 0 Å². The Labute approximate surface area is 515 Å². The van der Waals surface area contributed by atoms with E-state index in [-0.39, 0.29) is 31.1 Å². The minimum Gasteiger partial charge on any atom is -0.462 e. The number of carbonyl (C=O) groups is 3. The smallest absolute Gasteiger partial charge is 0.306 e. The van der Waals surface area contributed by atoms with Gasteiger partial charge in [-0.3, -0.25) is 14.4 Å². The highest BCUT2D eigenvalue weighted by molar-refractivity contribution is 5.71. The third-order valence-corrected chi connectivity index (χ3v) is 15.8. The van der Waals surface area contributed by atoms with Crippen LogP contribution in [0.5, 0.6) is 0 Å². The van der Waals surface area contributed by atoms with E-state index < -0.39 is 6.10 Å². The fraction of sp³-hybridized carbons (Fsp3) is 0.779. The van der Waals surface area contributed by atoms with Crippen molar-refractivity contribution in [1.82, 2.24) is 0 Å². The third kappa shape index (κ3) is 69.3. The van der Waals surface area contributed by atoms with Crippen molar-refractivity contribution < 1.29 is 28.6 Å². The van der Waals surface area contributed by atoms with E-state index in [1.807, 2.05) is 0 Å². The summed E-state index contributed by atoms with van der Waals surface area (Å²) >= 11 is 0. The van der Waals surface area contributed by atoms with E-state index >= 15 is 0 Å². The van der Waals surface area contributed by atoms with Crippen molar-refractivity contribution >= 4 is 17.9 Å². The van der Waals surface area contributed by atoms with Gasteiger partial charge in [-0.2, -0.15) is 0 Å². The summed E-state index contributed by atoms with van der Waals surface area (Å²) in [5, 5.41) is 0. The molecule has 0 heterocycles. The zero-order valence-electron chi connectivity index (χ0n) is 55.2. The molecule has 83 heavy (non-hydrogen) atoms. The topological polar surface area (TPSA) is 78.9 Å². The van der Waals surface area contributed by atoms with Gasteiger partial charge in [0.1, 0.15) is 13.2 Å². The van der Waals surface area contributed by atoms with Crippen LogP contribution in [0.15, 0.2) is 85.1 Å². The molecular weight excluding hydrogens is 1020 g/mol. The number of hydrogen-bond acceptors (Lipinski definition) is 6. The summed E-state index contributed by atoms with van der Waals surface area (Å²) in [6, 6.07) is 0. The lowest BCUT2D eigenvalue weighted by Crippen LogP contribution is -2.30. The quantitative estimate of drug-likeness (QED) is 0.0261. The molecular formula is C77H136O6. The molecule has 6 nitrogen and oxygen atoms in total. The first-order valence-corrected chi connectivity index (χ1v) is 36.1. The van der Waals surface area contributed by atoms with E-state index in [1.54, 1.807) is 0 Å². The number of ether oxygens (including phenoxy) is 3. The Bertz CT molecular complexity index is 1570. The van der Waals surface area contributed by atoms with E-state index in [2.05, 4.69) is 106 Å². The van der Waals surface area contributed by atoms with Crippen molar-refractivity contribution in [3.05, 3.63) is 85.1 Å². The summed E-state index contributed by atoms with van der Waals surface area (Å²) in [5.41, 5.74) is 0. The van der Waals surface area contributed by atoms with Crippen LogP contribution in [0.2, 0.25) is 0 Å². The summed E-state index contributed by atoms with van der Waals surface area (Å²) in [6.07, 6.45) is 94.6. The van der Waals surface area contributed by atoms with Gasteiger partial charge < -0.3 is 14.2 Å². The molecule has 6 heteroatoms. The van der Waals surface area contributed by atoms with Gasteiger partial charge in [0, 0.05) is 19.3 Å². The fourth-order valence-electron chi connectivity index (χ4n) is 10.4. The number of unbranched alkanes of at least 4 members (excludes halogenated alkanes) is 41. The lowest BCUT2D eigenvalue weighted by molar-refractivity contribution is -0.167. The Kier molecular flexibility index (Phi) is 68.2. The number of rotatable bonds is 66. The molecule has 0 aromatic carbocycles. The van der Waals surface area contributed by atoms with Crippen LogP contribution in [0, 0.1) is 0 Å². The molecule has 0 aliphatic rings. The molecule has 1 unspecified atom stereocenters. The molecule has 0 bridgehead atoms. The van der Waals surface area contributed by atoms with Gasteiger partial charge in [-0.1, -0.05) is 311 Å². The van der Waals surface area contributed by atoms with Crippen molar-refractivity contribution in [1.29, 1.82) is 0 Å². The van der Waals surface area contributed by atoms with Gasteiger partial charge in [0.15, 0.2) is 6.10 Å². The zero-order valence-corrected chi connectivity index (χ0v) is 55.2. The van der Waals surface area contributed by atoms with E-state index in [4.69, 9.17) is 14.2 Å². The summed E-state index contributed by atoms with van der Waals surface area (Å²) in [6.45, 7) is 6.63. The fourth-order valence-corrected chi connectivity index (χ4v) is 10.4. The largest absolute Gasteiger partial charge is 0.462 e. The third-order valence-electron chi connectivity index (χ3n) is 15.8. The van der Waals surface area contributed by atoms with Crippen LogP contribution in [0.3, 0.4) is 0 Å². The Morgan fingerprint density at radius 2 is 0.434 bits per heavy atom. The second-order valence-corrected chi connectivity index (χ2v) is 24.1. The SMILES string of the molecule is CCCCCC/C=C\CCCCCCCC(=O)OCC(COC(=O)CCCCCCCCCCCCCC/C=C\C/C=C\C/C=C\CCCCCCC)OC(=O)CCCCCCCCCCCC/C=C\C/C=C\C/C=C\CCCCCCC. The molecule has 0 aromatic rings. The average molecular weight is 1160 g/mol. The van der Waals surface area contributed by atoms with Crippen LogP contribution in [-0.4, -0.2) is 37.2 Å². The highest BCUT2D eigenvalue weighted by atomic mass is 16.6. The highest BCUT2D eigenvalue weighted by Crippen LogP contribution is 2.17. The van der Waals surface area contributed by atoms with E-state index in [1.165, 1.54) is 238 Å². The molecule has 0 aromatic heterocycles. The van der Waals surface area contributed by atoms with Crippen molar-refractivity contribution in [2.45, 2.75) is 374 Å². The van der Waals surface area contributed by atoms with Crippen molar-refractivity contribution in [2.75, 3.05) is 13.2 Å². The molecule has 0 saturated heterocycles. The summed E-state index contributed by atoms with van der Waals surface area (Å²) in [7, 11) is 0. The van der Waals surface area contributed by atoms with E-state index in [9.17, 15) is 14.4 Å². The van der Waals surface area contributed by atoms with E-state index in [0.717, 1.165) is 89.9 Å². The van der Waals surface area contributed by atoms with Crippen molar-refractivity contribution in [2.24, 2.45) is 0 Å². The Hall–Kier alpha value is -3.41. The van der Waals surface area contributed by atoms with Crippen LogP contribution in [0.4, 0.5) is 0 Å². The Morgan fingerprint density at radius 1 is 0.241 bits per heavy atom. The molecule has 0 N–H and O–H groups in total. The van der Waals surface area contributed by atoms with Crippen LogP contribution in [0.25, 0.3) is 0 Å². The monoisotopic (exact) mass is 1160 g/mol. The van der Waals surface area contributed by atoms with Crippen LogP contribution >= 0.6 is 0 Å². The van der Waals surface area contributed by atoms with Crippen LogP contribution < -0.4 is 0 Å². The minimum absolute atomic E-state index is 0.0797. The zero-order chi connectivity index (χ0) is 59.9. The molecule has 0 amide bonds. The first kappa shape index (κ1) is 79.6. The second kappa shape index (κ2) is 71.1. The maximum absolute atomic E-state index is 13.0. The predicted octanol–water partition coefficient (Wildman–Crippen LogP) is 25.0. The van der Waals surface area contributed by atoms with Crippen molar-refractivity contribution in [3.63, 3.8) is 0 Å². The summed E-state index contributed by atoms with van der Waals surface area (Å²) < 4.78 is 17.0. The lowest BCUT2D eigenvalue weighted by atomic mass is 10.0. The van der Waals surface area contributed by atoms with Gasteiger partial charge in [0.25, 0.3) is 0 Å². The summed E-state index contributed by atoms with van der Waals surface area (Å²) in [4.78, 5) is 38.4. The van der Waals surface area contributed by atoms with Gasteiger partial charge in [0.2, 0.25) is 0 Å². The van der Waals surface area contributed by atoms with Gasteiger partial charge in [0.05, 0.1) is 0 Å². The molecule has 0 radical (unpaired) electrons. The number of esters is 3. The van der Waals surface area contributed by atoms with Crippen molar-refractivity contribution in [3.8, 4) is 0 Å². The molecule has 0 saturated carbocycles. The number of allylic oxidation sites excluding steroid dienone is 14. The molecule has 0 fully saturated rings. The van der Waals surface area contributed by atoms with Crippen LogP contribution in [0.1, 0.15) is 367 Å². The predicted molar refractivity (Wildman–Crippen MR) is 362 cm³/mol. The molecule has 0 rings (SSSR count). The standard InChI is InChI=1S/C77H136O6/c1-4-7-10-13-16-19-22-25-27-29-31-33-35-37-38-40-41-43-45-47-49-52-55-58-61-64-67-70-76(79)82-73-74(72-81-75(78)69-66-63-60-57-54-51-24-21-18-15-12-9-6-3)83-77(80)71-68-65-62-59-56-53-50-48-46-44-42-39-36-34-32-30-28-26-23-20-17-14-11-8-5-2/h21-26,29-32,35-37,39,74H,4-20,27-28,33-34,38,40-73H2,1-3H3/b24-21-,25-22-,26-23-,31-29-,32-30-,37-35-,39-36-. The first-order chi connectivity index (χ1) is 41.0. The molecule has 0 aliphatic carbocycles. The minimum atomic E-state index is -0.785. The highest BCUT2D eigenvalue weighted by Gasteiger charge is 2.19. The molecule has 480 valence electrons. The maximum Gasteiger partial charge on any atom is 0.306 e. The number of carbonyl (C=O) groups excluding carboxylic acids is 3. The Balaban J connectivity index is 4.28. The maximum atomic E-state index is 13.0. The van der Waals surface area contributed by atoms with Gasteiger partial charge >= 0.3 is 17.9 Å². The molecule has 0 spiro atoms. The second-order valence-electron chi connectivity index (χ2n) is 24.1. The average Bonchev–Trinajstić information content (AvgIpc) is 3.49. The Morgan fingerprint density at radius 3 is 0.699 bits per heavy atom. The molecule has 0 aliphatic heterocycles. The first-order valence-electron chi connectivity index (χ1n) is 36.1. The summed E-state index contributed by atoms with van der Waals surface area (Å²) in [5.74, 6) is -0.877. The van der Waals surface area contributed by atoms with Gasteiger partial charge in [-0.05, 0) is 122 Å².